The van der Waals surface area contributed by atoms with Gasteiger partial charge in [-0.2, -0.15) is 5.10 Å². The first-order valence-electron chi connectivity index (χ1n) is 5.10. The van der Waals surface area contributed by atoms with Gasteiger partial charge in [-0.3, -0.25) is 0 Å². The SMILES string of the molecule is CC(C)(C)OC(=O)n1ncc2c(I)ccnc21. The van der Waals surface area contributed by atoms with E-state index in [0.717, 1.165) is 8.96 Å². The highest BCUT2D eigenvalue weighted by Gasteiger charge is 2.20. The van der Waals surface area contributed by atoms with Crippen molar-refractivity contribution in [3.63, 3.8) is 0 Å². The lowest BCUT2D eigenvalue weighted by Gasteiger charge is -2.18. The standard InChI is InChI=1S/C11H12IN3O2/c1-11(2,3)17-10(16)15-9-7(6-14-15)8(12)4-5-13-9/h4-6H,1-3H3. The van der Waals surface area contributed by atoms with E-state index < -0.39 is 11.7 Å². The van der Waals surface area contributed by atoms with Crippen LogP contribution in [0, 0.1) is 3.57 Å². The maximum absolute atomic E-state index is 11.9. The molecule has 0 unspecified atom stereocenters. The first kappa shape index (κ1) is 12.3. The van der Waals surface area contributed by atoms with Gasteiger partial charge < -0.3 is 4.74 Å². The van der Waals surface area contributed by atoms with E-state index in [-0.39, 0.29) is 0 Å². The molecule has 0 fully saturated rings. The van der Waals surface area contributed by atoms with Crippen molar-refractivity contribution in [2.75, 3.05) is 0 Å². The van der Waals surface area contributed by atoms with E-state index in [4.69, 9.17) is 4.74 Å². The van der Waals surface area contributed by atoms with Crippen molar-refractivity contribution in [1.29, 1.82) is 0 Å². The summed E-state index contributed by atoms with van der Waals surface area (Å²) in [7, 11) is 0. The molecule has 2 heterocycles. The van der Waals surface area contributed by atoms with Crippen molar-refractivity contribution in [2.45, 2.75) is 26.4 Å². The van der Waals surface area contributed by atoms with E-state index in [1.165, 1.54) is 4.68 Å². The Morgan fingerprint density at radius 1 is 1.47 bits per heavy atom. The minimum atomic E-state index is -0.544. The maximum Gasteiger partial charge on any atom is 0.437 e. The molecule has 0 spiro atoms. The maximum atomic E-state index is 11.9. The molecular weight excluding hydrogens is 333 g/mol. The number of rotatable bonds is 0. The number of pyridine rings is 1. The first-order chi connectivity index (χ1) is 7.88. The Hall–Kier alpha value is -1.18. The zero-order chi connectivity index (χ0) is 12.6. The van der Waals surface area contributed by atoms with E-state index in [1.807, 2.05) is 26.8 Å². The highest BCUT2D eigenvalue weighted by molar-refractivity contribution is 14.1. The Balaban J connectivity index is 2.43. The summed E-state index contributed by atoms with van der Waals surface area (Å²) in [6, 6.07) is 1.87. The van der Waals surface area contributed by atoms with Crippen molar-refractivity contribution in [1.82, 2.24) is 14.8 Å². The number of ether oxygens (including phenoxy) is 1. The third-order valence-electron chi connectivity index (χ3n) is 1.99. The quantitative estimate of drug-likeness (QED) is 0.689. The van der Waals surface area contributed by atoms with E-state index in [9.17, 15) is 4.79 Å². The summed E-state index contributed by atoms with van der Waals surface area (Å²) < 4.78 is 7.43. The number of hydrogen-bond acceptors (Lipinski definition) is 4. The molecule has 17 heavy (non-hydrogen) atoms. The fourth-order valence-corrected chi connectivity index (χ4v) is 1.88. The van der Waals surface area contributed by atoms with E-state index in [1.54, 1.807) is 12.4 Å². The molecule has 0 aromatic carbocycles. The molecule has 2 rings (SSSR count). The molecule has 2 aromatic heterocycles. The second kappa shape index (κ2) is 4.25. The summed E-state index contributed by atoms with van der Waals surface area (Å²) in [6.45, 7) is 5.44. The number of carbonyl (C=O) groups excluding carboxylic acids is 1. The predicted octanol–water partition coefficient (Wildman–Crippen LogP) is 2.82. The van der Waals surface area contributed by atoms with Crippen LogP contribution in [0.25, 0.3) is 11.0 Å². The van der Waals surface area contributed by atoms with Gasteiger partial charge >= 0.3 is 6.09 Å². The topological polar surface area (TPSA) is 57.0 Å². The van der Waals surface area contributed by atoms with Gasteiger partial charge in [0, 0.05) is 9.77 Å². The molecule has 0 bridgehead atoms. The molecule has 0 saturated carbocycles. The van der Waals surface area contributed by atoms with E-state index in [2.05, 4.69) is 32.7 Å². The summed E-state index contributed by atoms with van der Waals surface area (Å²) in [4.78, 5) is 16.0. The highest BCUT2D eigenvalue weighted by atomic mass is 127. The summed E-state index contributed by atoms with van der Waals surface area (Å²) in [5, 5.41) is 4.86. The van der Waals surface area contributed by atoms with Crippen LogP contribution in [0.5, 0.6) is 0 Å². The summed E-state index contributed by atoms with van der Waals surface area (Å²) in [5.74, 6) is 0. The van der Waals surface area contributed by atoms with Crippen LogP contribution in [0.3, 0.4) is 0 Å². The Labute approximate surface area is 112 Å². The van der Waals surface area contributed by atoms with Crippen LogP contribution in [0.15, 0.2) is 18.5 Å². The van der Waals surface area contributed by atoms with Crippen molar-refractivity contribution in [3.8, 4) is 0 Å². The zero-order valence-corrected chi connectivity index (χ0v) is 11.9. The average Bonchev–Trinajstić information content (AvgIpc) is 2.60. The molecule has 0 radical (unpaired) electrons. The van der Waals surface area contributed by atoms with Crippen LogP contribution < -0.4 is 0 Å². The van der Waals surface area contributed by atoms with E-state index in [0.29, 0.717) is 5.65 Å². The Kier molecular flexibility index (Phi) is 3.07. The van der Waals surface area contributed by atoms with Gasteiger partial charge in [-0.25, -0.2) is 9.78 Å². The van der Waals surface area contributed by atoms with Gasteiger partial charge in [-0.1, -0.05) is 0 Å². The van der Waals surface area contributed by atoms with Gasteiger partial charge in [-0.15, -0.1) is 4.68 Å². The first-order valence-corrected chi connectivity index (χ1v) is 6.18. The molecule has 6 heteroatoms. The summed E-state index contributed by atoms with van der Waals surface area (Å²) in [6.07, 6.45) is 2.75. The van der Waals surface area contributed by atoms with Crippen LogP contribution in [-0.4, -0.2) is 26.5 Å². The predicted molar refractivity (Wildman–Crippen MR) is 71.9 cm³/mol. The number of aromatic nitrogens is 3. The molecule has 0 atom stereocenters. The van der Waals surface area contributed by atoms with Crippen LogP contribution in [0.1, 0.15) is 20.8 Å². The molecule has 2 aromatic rings. The zero-order valence-electron chi connectivity index (χ0n) is 9.77. The number of carbonyl (C=O) groups is 1. The number of halogens is 1. The van der Waals surface area contributed by atoms with Crippen molar-refractivity contribution < 1.29 is 9.53 Å². The smallest absolute Gasteiger partial charge is 0.437 e. The second-order valence-corrected chi connectivity index (χ2v) is 5.73. The molecule has 90 valence electrons. The van der Waals surface area contributed by atoms with Crippen LogP contribution in [0.4, 0.5) is 4.79 Å². The minimum absolute atomic E-state index is 0.512. The van der Waals surface area contributed by atoms with Gasteiger partial charge in [0.15, 0.2) is 5.65 Å². The highest BCUT2D eigenvalue weighted by Crippen LogP contribution is 2.19. The van der Waals surface area contributed by atoms with E-state index >= 15 is 0 Å². The fraction of sp³-hybridized carbons (Fsp3) is 0.364. The van der Waals surface area contributed by atoms with Gasteiger partial charge in [0.25, 0.3) is 0 Å². The van der Waals surface area contributed by atoms with Gasteiger partial charge in [-0.05, 0) is 49.4 Å². The van der Waals surface area contributed by atoms with Gasteiger partial charge in [0.05, 0.1) is 11.6 Å². The van der Waals surface area contributed by atoms with Crippen molar-refractivity contribution >= 4 is 39.7 Å². The van der Waals surface area contributed by atoms with Crippen LogP contribution in [-0.2, 0) is 4.74 Å². The molecule has 5 nitrogen and oxygen atoms in total. The normalized spacial score (nSPS) is 11.8. The summed E-state index contributed by atoms with van der Waals surface area (Å²) >= 11 is 2.18. The fourth-order valence-electron chi connectivity index (χ4n) is 1.34. The molecule has 0 aliphatic rings. The van der Waals surface area contributed by atoms with Gasteiger partial charge in [0.1, 0.15) is 5.60 Å². The lowest BCUT2D eigenvalue weighted by atomic mass is 10.2. The Morgan fingerprint density at radius 2 is 2.18 bits per heavy atom. The third kappa shape index (κ3) is 2.56. The van der Waals surface area contributed by atoms with Crippen LogP contribution >= 0.6 is 22.6 Å². The van der Waals surface area contributed by atoms with Crippen molar-refractivity contribution in [3.05, 3.63) is 22.0 Å². The lowest BCUT2D eigenvalue weighted by molar-refractivity contribution is 0.0522. The average molecular weight is 345 g/mol. The Bertz CT molecular complexity index is 572. The molecule has 0 amide bonds. The number of fused-ring (bicyclic) bond motifs is 1. The molecule has 0 saturated heterocycles. The minimum Gasteiger partial charge on any atom is -0.442 e. The number of nitrogens with zero attached hydrogens (tertiary/aromatic N) is 3. The largest absolute Gasteiger partial charge is 0.442 e. The molecule has 0 N–H and O–H groups in total. The lowest BCUT2D eigenvalue weighted by Crippen LogP contribution is -2.27. The molecular formula is C11H12IN3O2. The molecule has 0 aliphatic heterocycles. The summed E-state index contributed by atoms with van der Waals surface area (Å²) in [5.41, 5.74) is -0.0248. The molecule has 0 aliphatic carbocycles. The third-order valence-corrected chi connectivity index (χ3v) is 2.93. The van der Waals surface area contributed by atoms with Crippen molar-refractivity contribution in [2.24, 2.45) is 0 Å². The van der Waals surface area contributed by atoms with Gasteiger partial charge in [0.2, 0.25) is 0 Å². The monoisotopic (exact) mass is 345 g/mol. The van der Waals surface area contributed by atoms with Crippen LogP contribution in [0.2, 0.25) is 0 Å². The number of hydrogen-bond donors (Lipinski definition) is 0. The second-order valence-electron chi connectivity index (χ2n) is 4.57. The Morgan fingerprint density at radius 3 is 2.82 bits per heavy atom.